The molecule has 0 aliphatic rings. The van der Waals surface area contributed by atoms with Gasteiger partial charge in [0.25, 0.3) is 0 Å². The largest absolute Gasteiger partial charge is 0.478 e. The van der Waals surface area contributed by atoms with Gasteiger partial charge in [0.2, 0.25) is 5.88 Å². The zero-order valence-corrected chi connectivity index (χ0v) is 9.08. The molecule has 0 N–H and O–H groups in total. The Bertz CT molecular complexity index is 255. The van der Waals surface area contributed by atoms with Gasteiger partial charge in [-0.1, -0.05) is 15.9 Å². The molecular weight excluding hydrogens is 234 g/mol. The predicted molar refractivity (Wildman–Crippen MR) is 53.9 cm³/mol. The van der Waals surface area contributed by atoms with Gasteiger partial charge in [0.15, 0.2) is 0 Å². The van der Waals surface area contributed by atoms with Crippen molar-refractivity contribution < 1.29 is 9.47 Å². The molecule has 1 aromatic rings. The third-order valence-corrected chi connectivity index (χ3v) is 1.93. The maximum absolute atomic E-state index is 5.37. The lowest BCUT2D eigenvalue weighted by Gasteiger charge is -2.04. The number of rotatable bonds is 5. The maximum Gasteiger partial charge on any atom is 0.214 e. The van der Waals surface area contributed by atoms with Crippen LogP contribution in [0.2, 0.25) is 0 Å². The molecule has 0 aliphatic heterocycles. The minimum Gasteiger partial charge on any atom is -0.478 e. The monoisotopic (exact) mass is 245 g/mol. The van der Waals surface area contributed by atoms with Crippen LogP contribution in [0.25, 0.3) is 0 Å². The van der Waals surface area contributed by atoms with Gasteiger partial charge in [-0.2, -0.15) is 0 Å². The molecule has 0 aromatic carbocycles. The first-order valence-corrected chi connectivity index (χ1v) is 4.85. The quantitative estimate of drug-likeness (QED) is 0.747. The predicted octanol–water partition coefficient (Wildman–Crippen LogP) is 2.26. The Morgan fingerprint density at radius 3 is 3.00 bits per heavy atom. The van der Waals surface area contributed by atoms with Crippen molar-refractivity contribution in [3.63, 3.8) is 0 Å². The van der Waals surface area contributed by atoms with Crippen molar-refractivity contribution >= 4 is 15.9 Å². The van der Waals surface area contributed by atoms with Crippen LogP contribution in [0.1, 0.15) is 6.42 Å². The number of hydrogen-bond donors (Lipinski definition) is 0. The lowest BCUT2D eigenvalue weighted by atomic mass is 10.5. The smallest absolute Gasteiger partial charge is 0.214 e. The van der Waals surface area contributed by atoms with Crippen LogP contribution in [-0.2, 0) is 4.74 Å². The van der Waals surface area contributed by atoms with Crippen LogP contribution in [0.15, 0.2) is 22.8 Å². The summed E-state index contributed by atoms with van der Waals surface area (Å²) in [5.41, 5.74) is 0. The van der Waals surface area contributed by atoms with Gasteiger partial charge in [-0.25, -0.2) is 4.98 Å². The second kappa shape index (κ2) is 5.94. The van der Waals surface area contributed by atoms with Gasteiger partial charge in [0, 0.05) is 36.9 Å². The van der Waals surface area contributed by atoms with E-state index in [0.29, 0.717) is 19.1 Å². The molecule has 0 radical (unpaired) electrons. The molecule has 1 heterocycles. The number of aromatic nitrogens is 1. The van der Waals surface area contributed by atoms with E-state index in [0.717, 1.165) is 10.9 Å². The van der Waals surface area contributed by atoms with Crippen molar-refractivity contribution in [2.45, 2.75) is 6.42 Å². The normalized spacial score (nSPS) is 10.0. The highest BCUT2D eigenvalue weighted by Crippen LogP contribution is 2.14. The number of pyridine rings is 1. The van der Waals surface area contributed by atoms with E-state index < -0.39 is 0 Å². The summed E-state index contributed by atoms with van der Waals surface area (Å²) in [4.78, 5) is 4.04. The van der Waals surface area contributed by atoms with E-state index >= 15 is 0 Å². The van der Waals surface area contributed by atoms with Crippen LogP contribution in [0.3, 0.4) is 0 Å². The van der Waals surface area contributed by atoms with Crippen LogP contribution in [0.4, 0.5) is 0 Å². The first-order chi connectivity index (χ1) is 6.33. The van der Waals surface area contributed by atoms with E-state index in [1.165, 1.54) is 0 Å². The van der Waals surface area contributed by atoms with Crippen molar-refractivity contribution in [3.8, 4) is 5.88 Å². The molecule has 0 aliphatic carbocycles. The molecule has 0 spiro atoms. The number of nitrogens with zero attached hydrogens (tertiary/aromatic N) is 1. The summed E-state index contributed by atoms with van der Waals surface area (Å²) in [7, 11) is 1.68. The van der Waals surface area contributed by atoms with E-state index in [4.69, 9.17) is 9.47 Å². The van der Waals surface area contributed by atoms with Gasteiger partial charge < -0.3 is 9.47 Å². The molecule has 3 nitrogen and oxygen atoms in total. The Hall–Kier alpha value is -0.610. The zero-order valence-electron chi connectivity index (χ0n) is 7.50. The van der Waals surface area contributed by atoms with Crippen LogP contribution >= 0.6 is 15.9 Å². The molecule has 72 valence electrons. The molecule has 13 heavy (non-hydrogen) atoms. The van der Waals surface area contributed by atoms with Crippen LogP contribution < -0.4 is 4.74 Å². The highest BCUT2D eigenvalue weighted by atomic mass is 79.9. The van der Waals surface area contributed by atoms with Gasteiger partial charge in [-0.05, 0) is 6.07 Å². The molecule has 4 heteroatoms. The van der Waals surface area contributed by atoms with E-state index in [9.17, 15) is 0 Å². The summed E-state index contributed by atoms with van der Waals surface area (Å²) in [6.45, 7) is 1.35. The lowest BCUT2D eigenvalue weighted by Crippen LogP contribution is -2.02. The van der Waals surface area contributed by atoms with Gasteiger partial charge in [-0.3, -0.25) is 0 Å². The summed E-state index contributed by atoms with van der Waals surface area (Å²) >= 11 is 3.34. The van der Waals surface area contributed by atoms with Crippen LogP contribution in [-0.4, -0.2) is 25.3 Å². The second-order valence-electron chi connectivity index (χ2n) is 2.51. The second-order valence-corrected chi connectivity index (χ2v) is 3.42. The Balaban J connectivity index is 2.28. The Morgan fingerprint density at radius 1 is 1.46 bits per heavy atom. The standard InChI is InChI=1S/C9H12BrNO2/c1-12-5-2-6-13-9-7-8(10)3-4-11-9/h3-4,7H,2,5-6H2,1H3. The fourth-order valence-corrected chi connectivity index (χ4v) is 1.16. The third kappa shape index (κ3) is 4.24. The van der Waals surface area contributed by atoms with Crippen molar-refractivity contribution in [1.82, 2.24) is 4.98 Å². The zero-order chi connectivity index (χ0) is 9.52. The number of halogens is 1. The first-order valence-electron chi connectivity index (χ1n) is 4.06. The third-order valence-electron chi connectivity index (χ3n) is 1.44. The number of methoxy groups -OCH3 is 1. The fraction of sp³-hybridized carbons (Fsp3) is 0.444. The van der Waals surface area contributed by atoms with Gasteiger partial charge in [-0.15, -0.1) is 0 Å². The minimum atomic E-state index is 0.636. The molecule has 1 aromatic heterocycles. The highest BCUT2D eigenvalue weighted by molar-refractivity contribution is 9.10. The van der Waals surface area contributed by atoms with Crippen LogP contribution in [0, 0.1) is 0 Å². The van der Waals surface area contributed by atoms with Gasteiger partial charge in [0.05, 0.1) is 6.61 Å². The Morgan fingerprint density at radius 2 is 2.31 bits per heavy atom. The van der Waals surface area contributed by atoms with Crippen LogP contribution in [0.5, 0.6) is 5.88 Å². The highest BCUT2D eigenvalue weighted by Gasteiger charge is 1.95. The molecule has 1 rings (SSSR count). The summed E-state index contributed by atoms with van der Waals surface area (Å²) in [5.74, 6) is 0.644. The van der Waals surface area contributed by atoms with E-state index in [-0.39, 0.29) is 0 Å². The molecule has 0 atom stereocenters. The molecule has 0 saturated carbocycles. The maximum atomic E-state index is 5.37. The Labute approximate surface area is 86.2 Å². The number of hydrogen-bond acceptors (Lipinski definition) is 3. The average molecular weight is 246 g/mol. The topological polar surface area (TPSA) is 31.4 Å². The van der Waals surface area contributed by atoms with Crippen molar-refractivity contribution in [3.05, 3.63) is 22.8 Å². The van der Waals surface area contributed by atoms with Crippen molar-refractivity contribution in [2.24, 2.45) is 0 Å². The molecular formula is C9H12BrNO2. The molecule has 0 saturated heterocycles. The van der Waals surface area contributed by atoms with Crippen molar-refractivity contribution in [1.29, 1.82) is 0 Å². The van der Waals surface area contributed by atoms with E-state index in [2.05, 4.69) is 20.9 Å². The summed E-state index contributed by atoms with van der Waals surface area (Å²) in [5, 5.41) is 0. The molecule has 0 bridgehead atoms. The SMILES string of the molecule is COCCCOc1cc(Br)ccn1. The van der Waals surface area contributed by atoms with E-state index in [1.807, 2.05) is 12.1 Å². The first kappa shape index (κ1) is 10.5. The van der Waals surface area contributed by atoms with Crippen molar-refractivity contribution in [2.75, 3.05) is 20.3 Å². The van der Waals surface area contributed by atoms with Gasteiger partial charge in [0.1, 0.15) is 0 Å². The molecule has 0 fully saturated rings. The fourth-order valence-electron chi connectivity index (χ4n) is 0.844. The summed E-state index contributed by atoms with van der Waals surface area (Å²) < 4.78 is 11.2. The minimum absolute atomic E-state index is 0.636. The Kier molecular flexibility index (Phi) is 4.78. The van der Waals surface area contributed by atoms with E-state index in [1.54, 1.807) is 13.3 Å². The summed E-state index contributed by atoms with van der Waals surface area (Å²) in [6.07, 6.45) is 2.58. The molecule has 0 unspecified atom stereocenters. The number of ether oxygens (including phenoxy) is 2. The van der Waals surface area contributed by atoms with Gasteiger partial charge >= 0.3 is 0 Å². The summed E-state index contributed by atoms with van der Waals surface area (Å²) in [6, 6.07) is 3.70. The molecule has 0 amide bonds. The lowest BCUT2D eigenvalue weighted by molar-refractivity contribution is 0.170. The average Bonchev–Trinajstić information content (AvgIpc) is 2.13.